The highest BCUT2D eigenvalue weighted by atomic mass is 16.7. The van der Waals surface area contributed by atoms with Gasteiger partial charge in [0.15, 0.2) is 5.79 Å². The van der Waals surface area contributed by atoms with Crippen molar-refractivity contribution in [3.05, 3.63) is 48.5 Å². The van der Waals surface area contributed by atoms with Gasteiger partial charge in [-0.05, 0) is 30.5 Å². The molecule has 1 fully saturated rings. The average Bonchev–Trinajstić information content (AvgIpc) is 3.18. The van der Waals surface area contributed by atoms with E-state index >= 15 is 0 Å². The van der Waals surface area contributed by atoms with Crippen LogP contribution in [-0.2, 0) is 22.4 Å². The molecule has 0 aliphatic carbocycles. The van der Waals surface area contributed by atoms with Gasteiger partial charge in [-0.1, -0.05) is 38.8 Å². The monoisotopic (exact) mass is 372 g/mol. The molecular weight excluding hydrogens is 340 g/mol. The molecule has 0 saturated carbocycles. The Morgan fingerprint density at radius 2 is 1.89 bits per heavy atom. The second-order valence-electron chi connectivity index (χ2n) is 7.75. The molecule has 0 bridgehead atoms. The molecule has 1 aliphatic rings. The number of hydrogen-bond donors (Lipinski definition) is 0. The van der Waals surface area contributed by atoms with Crippen LogP contribution in [0.15, 0.2) is 43.0 Å². The van der Waals surface area contributed by atoms with E-state index in [4.69, 9.17) is 14.2 Å². The van der Waals surface area contributed by atoms with Gasteiger partial charge in [0.1, 0.15) is 5.75 Å². The van der Waals surface area contributed by atoms with Crippen molar-refractivity contribution in [1.29, 1.82) is 0 Å². The van der Waals surface area contributed by atoms with E-state index in [0.29, 0.717) is 13.0 Å². The first-order valence-electron chi connectivity index (χ1n) is 9.99. The Bertz CT molecular complexity index is 683. The van der Waals surface area contributed by atoms with E-state index in [-0.39, 0.29) is 5.41 Å². The summed E-state index contributed by atoms with van der Waals surface area (Å²) in [5.74, 6) is 0.172. The number of benzene rings is 1. The van der Waals surface area contributed by atoms with Crippen LogP contribution in [-0.4, -0.2) is 35.7 Å². The standard InChI is InChI=1S/C22H32N2O3/c1-4-9-21(10-5-2)16-26-22(27-17-21,15-24-12-11-23-18-24)14-19-7-6-8-20(13-19)25-3/h6-8,11-13,18H,4-5,9-10,14-17H2,1-3H3. The van der Waals surface area contributed by atoms with Gasteiger partial charge in [-0.2, -0.15) is 0 Å². The van der Waals surface area contributed by atoms with Crippen LogP contribution in [0.3, 0.4) is 0 Å². The maximum atomic E-state index is 6.53. The Kier molecular flexibility index (Phi) is 6.55. The van der Waals surface area contributed by atoms with Gasteiger partial charge in [-0.25, -0.2) is 4.98 Å². The smallest absolute Gasteiger partial charge is 0.190 e. The summed E-state index contributed by atoms with van der Waals surface area (Å²) >= 11 is 0. The van der Waals surface area contributed by atoms with Gasteiger partial charge in [0.25, 0.3) is 0 Å². The number of methoxy groups -OCH3 is 1. The van der Waals surface area contributed by atoms with Crippen molar-refractivity contribution in [1.82, 2.24) is 9.55 Å². The molecule has 0 N–H and O–H groups in total. The number of aromatic nitrogens is 2. The lowest BCUT2D eigenvalue weighted by molar-refractivity contribution is -0.311. The summed E-state index contributed by atoms with van der Waals surface area (Å²) in [5.41, 5.74) is 1.28. The number of nitrogens with zero attached hydrogens (tertiary/aromatic N) is 2. The van der Waals surface area contributed by atoms with Crippen LogP contribution in [0, 0.1) is 5.41 Å². The van der Waals surface area contributed by atoms with Crippen LogP contribution in [0.5, 0.6) is 5.75 Å². The third-order valence-corrected chi connectivity index (χ3v) is 5.43. The van der Waals surface area contributed by atoms with E-state index in [2.05, 4.69) is 31.0 Å². The van der Waals surface area contributed by atoms with E-state index in [1.54, 1.807) is 13.3 Å². The Balaban J connectivity index is 1.81. The van der Waals surface area contributed by atoms with Crippen LogP contribution in [0.1, 0.15) is 45.1 Å². The fourth-order valence-electron chi connectivity index (χ4n) is 4.13. The highest BCUT2D eigenvalue weighted by Crippen LogP contribution is 2.39. The van der Waals surface area contributed by atoms with Crippen LogP contribution < -0.4 is 4.74 Å². The Morgan fingerprint density at radius 3 is 2.48 bits per heavy atom. The number of hydrogen-bond acceptors (Lipinski definition) is 4. The van der Waals surface area contributed by atoms with Crippen molar-refractivity contribution >= 4 is 0 Å². The summed E-state index contributed by atoms with van der Waals surface area (Å²) in [5, 5.41) is 0. The summed E-state index contributed by atoms with van der Waals surface area (Å²) in [6.45, 7) is 6.58. The lowest BCUT2D eigenvalue weighted by Gasteiger charge is -2.46. The van der Waals surface area contributed by atoms with Crippen LogP contribution in [0.2, 0.25) is 0 Å². The van der Waals surface area contributed by atoms with Crippen LogP contribution >= 0.6 is 0 Å². The molecule has 0 spiro atoms. The zero-order chi connectivity index (χ0) is 19.2. The molecule has 2 aromatic rings. The minimum Gasteiger partial charge on any atom is -0.497 e. The molecule has 0 radical (unpaired) electrons. The van der Waals surface area contributed by atoms with Crippen LogP contribution in [0.4, 0.5) is 0 Å². The number of imidazole rings is 1. The van der Waals surface area contributed by atoms with Gasteiger partial charge < -0.3 is 18.8 Å². The van der Waals surface area contributed by atoms with E-state index in [9.17, 15) is 0 Å². The van der Waals surface area contributed by atoms with Crippen molar-refractivity contribution in [3.63, 3.8) is 0 Å². The maximum Gasteiger partial charge on any atom is 0.190 e. The van der Waals surface area contributed by atoms with Gasteiger partial charge in [0.05, 0.1) is 33.2 Å². The van der Waals surface area contributed by atoms with Crippen molar-refractivity contribution < 1.29 is 14.2 Å². The first-order valence-corrected chi connectivity index (χ1v) is 9.99. The molecule has 0 unspecified atom stereocenters. The lowest BCUT2D eigenvalue weighted by Crippen LogP contribution is -2.53. The first-order chi connectivity index (χ1) is 13.1. The molecule has 27 heavy (non-hydrogen) atoms. The molecule has 1 aromatic heterocycles. The SMILES string of the molecule is CCCC1(CCC)COC(Cc2cccc(OC)c2)(Cn2ccnc2)OC1. The second-order valence-corrected chi connectivity index (χ2v) is 7.75. The summed E-state index contributed by atoms with van der Waals surface area (Å²) in [6, 6.07) is 8.13. The zero-order valence-corrected chi connectivity index (χ0v) is 16.8. The van der Waals surface area contributed by atoms with Gasteiger partial charge in [0.2, 0.25) is 0 Å². The zero-order valence-electron chi connectivity index (χ0n) is 16.8. The molecule has 1 saturated heterocycles. The third kappa shape index (κ3) is 4.90. The molecule has 5 heteroatoms. The molecular formula is C22H32N2O3. The predicted molar refractivity (Wildman–Crippen MR) is 106 cm³/mol. The fourth-order valence-corrected chi connectivity index (χ4v) is 4.13. The van der Waals surface area contributed by atoms with E-state index < -0.39 is 5.79 Å². The topological polar surface area (TPSA) is 45.5 Å². The van der Waals surface area contributed by atoms with Crippen molar-refractivity contribution in [3.8, 4) is 5.75 Å². The van der Waals surface area contributed by atoms with Crippen molar-refractivity contribution in [2.75, 3.05) is 20.3 Å². The minimum atomic E-state index is -0.682. The fraction of sp³-hybridized carbons (Fsp3) is 0.591. The van der Waals surface area contributed by atoms with E-state index in [1.807, 2.05) is 29.2 Å². The van der Waals surface area contributed by atoms with E-state index in [0.717, 1.165) is 50.2 Å². The highest BCUT2D eigenvalue weighted by molar-refractivity contribution is 5.29. The van der Waals surface area contributed by atoms with Gasteiger partial charge in [0, 0.05) is 24.2 Å². The van der Waals surface area contributed by atoms with Crippen molar-refractivity contribution in [2.24, 2.45) is 5.41 Å². The molecule has 1 aliphatic heterocycles. The molecule has 2 heterocycles. The second kappa shape index (κ2) is 8.89. The van der Waals surface area contributed by atoms with Crippen molar-refractivity contribution in [2.45, 2.75) is 58.3 Å². The molecule has 0 amide bonds. The van der Waals surface area contributed by atoms with E-state index in [1.165, 1.54) is 0 Å². The number of rotatable bonds is 9. The summed E-state index contributed by atoms with van der Waals surface area (Å²) in [6.07, 6.45) is 10.8. The Morgan fingerprint density at radius 1 is 1.15 bits per heavy atom. The van der Waals surface area contributed by atoms with Gasteiger partial charge in [-0.3, -0.25) is 0 Å². The van der Waals surface area contributed by atoms with Gasteiger partial charge >= 0.3 is 0 Å². The summed E-state index contributed by atoms with van der Waals surface area (Å²) in [4.78, 5) is 4.17. The quantitative estimate of drug-likeness (QED) is 0.652. The Hall–Kier alpha value is -1.85. The Labute approximate surface area is 162 Å². The lowest BCUT2D eigenvalue weighted by atomic mass is 9.79. The maximum absolute atomic E-state index is 6.53. The highest BCUT2D eigenvalue weighted by Gasteiger charge is 2.44. The third-order valence-electron chi connectivity index (χ3n) is 5.43. The van der Waals surface area contributed by atoms with Crippen LogP contribution in [0.25, 0.3) is 0 Å². The number of ether oxygens (including phenoxy) is 3. The molecule has 5 nitrogen and oxygen atoms in total. The largest absolute Gasteiger partial charge is 0.497 e. The molecule has 148 valence electrons. The molecule has 1 aromatic carbocycles. The first kappa shape index (κ1) is 19.9. The molecule has 3 rings (SSSR count). The van der Waals surface area contributed by atoms with Gasteiger partial charge in [-0.15, -0.1) is 0 Å². The molecule has 0 atom stereocenters. The summed E-state index contributed by atoms with van der Waals surface area (Å²) < 4.78 is 20.5. The average molecular weight is 373 g/mol. The summed E-state index contributed by atoms with van der Waals surface area (Å²) in [7, 11) is 1.69. The predicted octanol–water partition coefficient (Wildman–Crippen LogP) is 4.46. The minimum absolute atomic E-state index is 0.135. The normalized spacial score (nSPS) is 18.3.